The lowest BCUT2D eigenvalue weighted by atomic mass is 9.84. The predicted octanol–water partition coefficient (Wildman–Crippen LogP) is 1.03. The van der Waals surface area contributed by atoms with Crippen molar-refractivity contribution >= 4 is 45.5 Å². The normalized spacial score (nSPS) is 14.4. The first-order valence-electron chi connectivity index (χ1n) is 10.5. The van der Waals surface area contributed by atoms with Gasteiger partial charge in [-0.05, 0) is 24.8 Å². The molecule has 11 heteroatoms. The van der Waals surface area contributed by atoms with E-state index in [0.717, 1.165) is 0 Å². The third-order valence-electron chi connectivity index (χ3n) is 5.05. The number of carbonyl (C=O) groups excluding carboxylic acids is 4. The molecule has 0 spiro atoms. The van der Waals surface area contributed by atoms with Crippen molar-refractivity contribution in [1.82, 2.24) is 5.32 Å². The van der Waals surface area contributed by atoms with Crippen LogP contribution in [0.3, 0.4) is 0 Å². The average molecular weight is 528 g/mol. The van der Waals surface area contributed by atoms with E-state index in [2.05, 4.69) is 21.2 Å². The molecule has 0 radical (unpaired) electrons. The largest absolute Gasteiger partial charge is 0.480 e. The van der Waals surface area contributed by atoms with Gasteiger partial charge in [-0.3, -0.25) is 14.4 Å². The van der Waals surface area contributed by atoms with Gasteiger partial charge < -0.3 is 26.6 Å². The number of benzene rings is 1. The Morgan fingerprint density at radius 1 is 1.15 bits per heavy atom. The molecular formula is C22H30BrN3O7. The Hall–Kier alpha value is -2.79. The number of nitrogens with one attached hydrogen (secondary N) is 1. The highest BCUT2D eigenvalue weighted by atomic mass is 79.9. The number of primary amides is 1. The molecule has 1 rings (SSSR count). The number of halogens is 1. The van der Waals surface area contributed by atoms with Gasteiger partial charge in [0, 0.05) is 12.3 Å². The molecule has 0 saturated heterocycles. The van der Waals surface area contributed by atoms with E-state index < -0.39 is 47.7 Å². The summed E-state index contributed by atoms with van der Waals surface area (Å²) in [5.74, 6) is -5.55. The van der Waals surface area contributed by atoms with E-state index in [1.807, 2.05) is 0 Å². The quantitative estimate of drug-likeness (QED) is 0.148. The van der Waals surface area contributed by atoms with Crippen LogP contribution in [0.2, 0.25) is 0 Å². The number of carboxylic acids is 1. The Kier molecular flexibility index (Phi) is 11.7. The molecule has 10 nitrogen and oxygen atoms in total. The molecule has 0 bridgehead atoms. The van der Waals surface area contributed by atoms with Crippen molar-refractivity contribution in [1.29, 1.82) is 0 Å². The van der Waals surface area contributed by atoms with Crippen LogP contribution < -0.4 is 16.8 Å². The molecule has 1 aromatic rings. The standard InChI is InChI=1S/C22H30BrN3O7/c1-2-6-15(18(24)28)11-22(25,21(32)33-13-14-7-4-3-5-8-14)20(31)26-17(19(29)30)10-9-16(27)12-23/h3-5,7-8,15,17H,2,6,9-13,25H2,1H3,(H2,24,28)(H,26,31)(H,29,30)/t15?,17-,22-/m0/s1. The van der Waals surface area contributed by atoms with E-state index in [4.69, 9.17) is 16.2 Å². The number of nitrogens with two attached hydrogens (primary N) is 2. The molecule has 6 N–H and O–H groups in total. The molecule has 0 heterocycles. The van der Waals surface area contributed by atoms with Crippen molar-refractivity contribution in [3.8, 4) is 0 Å². The van der Waals surface area contributed by atoms with Crippen LogP contribution in [0.5, 0.6) is 0 Å². The SMILES string of the molecule is CCCC(C[C@](N)(C(=O)N[C@@H](CCC(=O)CBr)C(=O)O)C(=O)OCc1ccccc1)C(N)=O. The Labute approximate surface area is 200 Å². The van der Waals surface area contributed by atoms with Gasteiger partial charge in [-0.1, -0.05) is 59.6 Å². The monoisotopic (exact) mass is 527 g/mol. The lowest BCUT2D eigenvalue weighted by Gasteiger charge is -2.30. The second-order valence-corrected chi connectivity index (χ2v) is 8.26. The highest BCUT2D eigenvalue weighted by Gasteiger charge is 2.47. The van der Waals surface area contributed by atoms with Gasteiger partial charge in [-0.25, -0.2) is 9.59 Å². The summed E-state index contributed by atoms with van der Waals surface area (Å²) in [5.41, 5.74) is 9.89. The number of amides is 2. The molecule has 0 aliphatic carbocycles. The molecule has 182 valence electrons. The number of ether oxygens (including phenoxy) is 1. The second-order valence-electron chi connectivity index (χ2n) is 7.70. The van der Waals surface area contributed by atoms with E-state index >= 15 is 0 Å². The van der Waals surface area contributed by atoms with E-state index in [-0.39, 0.29) is 37.0 Å². The summed E-state index contributed by atoms with van der Waals surface area (Å²) in [6.45, 7) is 1.62. The number of carbonyl (C=O) groups is 5. The second kappa shape index (κ2) is 13.7. The summed E-state index contributed by atoms with van der Waals surface area (Å²) < 4.78 is 5.25. The zero-order valence-corrected chi connectivity index (χ0v) is 20.0. The highest BCUT2D eigenvalue weighted by Crippen LogP contribution is 2.22. The zero-order chi connectivity index (χ0) is 25.0. The molecule has 33 heavy (non-hydrogen) atoms. The van der Waals surface area contributed by atoms with E-state index in [1.165, 1.54) is 0 Å². The third-order valence-corrected chi connectivity index (χ3v) is 5.68. The molecule has 0 aromatic heterocycles. The molecule has 0 aliphatic heterocycles. The molecule has 0 aliphatic rings. The predicted molar refractivity (Wildman–Crippen MR) is 123 cm³/mol. The number of ketones is 1. The van der Waals surface area contributed by atoms with Crippen LogP contribution in [-0.2, 0) is 35.3 Å². The summed E-state index contributed by atoms with van der Waals surface area (Å²) >= 11 is 2.99. The zero-order valence-electron chi connectivity index (χ0n) is 18.4. The molecule has 0 fully saturated rings. The molecule has 1 aromatic carbocycles. The number of carboxylic acid groups (broad SMARTS) is 1. The number of aliphatic carboxylic acids is 1. The van der Waals surface area contributed by atoms with Gasteiger partial charge in [0.1, 0.15) is 18.4 Å². The van der Waals surface area contributed by atoms with E-state index in [0.29, 0.717) is 12.0 Å². The minimum atomic E-state index is -2.36. The van der Waals surface area contributed by atoms with Crippen molar-refractivity contribution in [3.05, 3.63) is 35.9 Å². The fraction of sp³-hybridized carbons (Fsp3) is 0.500. The maximum Gasteiger partial charge on any atom is 0.336 e. The summed E-state index contributed by atoms with van der Waals surface area (Å²) in [6.07, 6.45) is 0.0435. The number of esters is 1. The number of hydrogen-bond acceptors (Lipinski definition) is 7. The minimum Gasteiger partial charge on any atom is -0.480 e. The molecule has 3 atom stereocenters. The van der Waals surface area contributed by atoms with Gasteiger partial charge in [0.25, 0.3) is 5.91 Å². The first-order valence-corrected chi connectivity index (χ1v) is 11.6. The smallest absolute Gasteiger partial charge is 0.336 e. The van der Waals surface area contributed by atoms with Crippen LogP contribution in [0.1, 0.15) is 44.6 Å². The van der Waals surface area contributed by atoms with Gasteiger partial charge in [-0.2, -0.15) is 0 Å². The first-order chi connectivity index (χ1) is 15.5. The van der Waals surface area contributed by atoms with Gasteiger partial charge in [-0.15, -0.1) is 0 Å². The molecule has 0 saturated carbocycles. The Balaban J connectivity index is 3.12. The van der Waals surface area contributed by atoms with Crippen molar-refractivity contribution < 1.29 is 33.8 Å². The van der Waals surface area contributed by atoms with Gasteiger partial charge in [0.15, 0.2) is 5.54 Å². The maximum absolute atomic E-state index is 13.1. The molecule has 2 amide bonds. The van der Waals surface area contributed by atoms with Gasteiger partial charge >= 0.3 is 11.9 Å². The fourth-order valence-corrected chi connectivity index (χ4v) is 3.40. The van der Waals surface area contributed by atoms with Crippen LogP contribution >= 0.6 is 15.9 Å². The number of Topliss-reactive ketones (excluding diaryl/α,β-unsaturated/α-hetero) is 1. The van der Waals surface area contributed by atoms with Gasteiger partial charge in [0.05, 0.1) is 5.33 Å². The van der Waals surface area contributed by atoms with Crippen LogP contribution in [-0.4, -0.2) is 51.6 Å². The Bertz CT molecular complexity index is 850. The van der Waals surface area contributed by atoms with Crippen molar-refractivity contribution in [3.63, 3.8) is 0 Å². The van der Waals surface area contributed by atoms with Crippen molar-refractivity contribution in [2.24, 2.45) is 17.4 Å². The Morgan fingerprint density at radius 3 is 2.30 bits per heavy atom. The summed E-state index contributed by atoms with van der Waals surface area (Å²) in [7, 11) is 0. The van der Waals surface area contributed by atoms with Crippen LogP contribution in [0.15, 0.2) is 30.3 Å². The number of hydrogen-bond donors (Lipinski definition) is 4. The Morgan fingerprint density at radius 2 is 1.79 bits per heavy atom. The summed E-state index contributed by atoms with van der Waals surface area (Å²) in [6, 6.07) is 7.19. The van der Waals surface area contributed by atoms with Crippen LogP contribution in [0.25, 0.3) is 0 Å². The van der Waals surface area contributed by atoms with Crippen LogP contribution in [0, 0.1) is 5.92 Å². The lowest BCUT2D eigenvalue weighted by Crippen LogP contribution is -2.63. The van der Waals surface area contributed by atoms with E-state index in [1.54, 1.807) is 37.3 Å². The first kappa shape index (κ1) is 28.2. The van der Waals surface area contributed by atoms with Gasteiger partial charge in [0.2, 0.25) is 5.91 Å². The maximum atomic E-state index is 13.1. The fourth-order valence-electron chi connectivity index (χ4n) is 3.12. The highest BCUT2D eigenvalue weighted by molar-refractivity contribution is 9.09. The topological polar surface area (TPSA) is 179 Å². The van der Waals surface area contributed by atoms with E-state index in [9.17, 15) is 29.1 Å². The summed E-state index contributed by atoms with van der Waals surface area (Å²) in [4.78, 5) is 61.0. The number of alkyl halides is 1. The third kappa shape index (κ3) is 8.93. The molecular weight excluding hydrogens is 498 g/mol. The molecule has 1 unspecified atom stereocenters. The minimum absolute atomic E-state index is 0.0389. The van der Waals surface area contributed by atoms with Crippen LogP contribution in [0.4, 0.5) is 0 Å². The summed E-state index contributed by atoms with van der Waals surface area (Å²) in [5, 5.41) is 11.7. The van der Waals surface area contributed by atoms with Crippen molar-refractivity contribution in [2.45, 2.75) is 57.2 Å². The average Bonchev–Trinajstić information content (AvgIpc) is 2.79. The number of rotatable bonds is 15. The van der Waals surface area contributed by atoms with Crippen molar-refractivity contribution in [2.75, 3.05) is 5.33 Å². The lowest BCUT2D eigenvalue weighted by molar-refractivity contribution is -0.158.